The van der Waals surface area contributed by atoms with Crippen LogP contribution in [-0.4, -0.2) is 30.3 Å². The first-order valence-electron chi connectivity index (χ1n) is 14.8. The van der Waals surface area contributed by atoms with Gasteiger partial charge in [0.2, 0.25) is 10.0 Å². The minimum atomic E-state index is -4.06. The molecule has 4 atom stereocenters. The molecule has 43 heavy (non-hydrogen) atoms. The smallest absolute Gasteiger partial charge is 0.244 e. The van der Waals surface area contributed by atoms with Crippen LogP contribution in [0.15, 0.2) is 95.4 Å². The molecule has 0 N–H and O–H groups in total. The van der Waals surface area contributed by atoms with Gasteiger partial charge in [-0.25, -0.2) is 8.42 Å². The Hall–Kier alpha value is -3.06. The second-order valence-corrected chi connectivity index (χ2v) is 15.3. The van der Waals surface area contributed by atoms with Gasteiger partial charge in [0, 0.05) is 29.0 Å². The fraction of sp³-hybridized carbons (Fsp3) is 0.389. The van der Waals surface area contributed by atoms with Gasteiger partial charge in [-0.2, -0.15) is 4.31 Å². The molecule has 0 radical (unpaired) electrons. The number of benzene rings is 3. The van der Waals surface area contributed by atoms with Gasteiger partial charge in [0.25, 0.3) is 0 Å². The standard InChI is InChI=1S/C36H42ClNO4S/c1-24-12-10-11-15-34(24)43(41,42)38-32(25(2)23-36(4,5)6)22-31(35(38)28-16-18-30(37)19-17-28)33(40)21-29(26(3)39)20-27-13-8-7-9-14-27/h7-19,22,25,29,32,35H,20-21,23H2,1-6H3/t25?,29-,32+,35+/m1/s1. The van der Waals surface area contributed by atoms with E-state index in [2.05, 4.69) is 20.8 Å². The van der Waals surface area contributed by atoms with E-state index < -0.39 is 28.0 Å². The third kappa shape index (κ3) is 7.72. The summed E-state index contributed by atoms with van der Waals surface area (Å²) in [4.78, 5) is 27.3. The van der Waals surface area contributed by atoms with E-state index in [4.69, 9.17) is 11.6 Å². The van der Waals surface area contributed by atoms with Gasteiger partial charge in [-0.05, 0) is 72.9 Å². The van der Waals surface area contributed by atoms with Crippen LogP contribution in [0.25, 0.3) is 0 Å². The Kier molecular flexibility index (Phi) is 10.2. The average molecular weight is 620 g/mol. The summed E-state index contributed by atoms with van der Waals surface area (Å²) in [6.45, 7) is 11.7. The van der Waals surface area contributed by atoms with Gasteiger partial charge >= 0.3 is 0 Å². The van der Waals surface area contributed by atoms with Gasteiger partial charge in [-0.1, -0.05) is 106 Å². The van der Waals surface area contributed by atoms with Crippen molar-refractivity contribution >= 4 is 33.2 Å². The van der Waals surface area contributed by atoms with E-state index in [-0.39, 0.29) is 34.2 Å². The molecule has 228 valence electrons. The van der Waals surface area contributed by atoms with Crippen LogP contribution in [0.2, 0.25) is 5.02 Å². The van der Waals surface area contributed by atoms with Gasteiger partial charge in [0.15, 0.2) is 5.78 Å². The molecule has 0 fully saturated rings. The van der Waals surface area contributed by atoms with Crippen LogP contribution < -0.4 is 0 Å². The predicted molar refractivity (Wildman–Crippen MR) is 173 cm³/mol. The normalized spacial score (nSPS) is 19.1. The summed E-state index contributed by atoms with van der Waals surface area (Å²) < 4.78 is 30.8. The number of aryl methyl sites for hydroxylation is 1. The highest BCUT2D eigenvalue weighted by molar-refractivity contribution is 7.89. The molecule has 0 aliphatic carbocycles. The second-order valence-electron chi connectivity index (χ2n) is 13.0. The molecule has 1 aliphatic rings. The van der Waals surface area contributed by atoms with Crippen LogP contribution >= 0.6 is 11.6 Å². The zero-order chi connectivity index (χ0) is 31.5. The molecule has 0 spiro atoms. The van der Waals surface area contributed by atoms with Crippen LogP contribution in [0.1, 0.15) is 70.2 Å². The highest BCUT2D eigenvalue weighted by Gasteiger charge is 2.48. The molecular weight excluding hydrogens is 578 g/mol. The molecule has 3 aromatic rings. The van der Waals surface area contributed by atoms with Gasteiger partial charge in [-0.15, -0.1) is 0 Å². The Balaban J connectivity index is 1.85. The van der Waals surface area contributed by atoms with E-state index in [9.17, 15) is 18.0 Å². The van der Waals surface area contributed by atoms with E-state index in [0.29, 0.717) is 28.1 Å². The highest BCUT2D eigenvalue weighted by Crippen LogP contribution is 2.46. The number of halogens is 1. The zero-order valence-electron chi connectivity index (χ0n) is 25.9. The first-order chi connectivity index (χ1) is 20.2. The SMILES string of the molecule is CC(=O)[C@@H](CC(=O)C1=C[C@@H](C(C)CC(C)(C)C)N(S(=O)(=O)c2ccccc2C)[C@H]1c1ccc(Cl)cc1)Cc1ccccc1. The number of carbonyl (C=O) groups excluding carboxylic acids is 2. The van der Waals surface area contributed by atoms with E-state index in [1.54, 1.807) is 49.4 Å². The van der Waals surface area contributed by atoms with Gasteiger partial charge in [-0.3, -0.25) is 9.59 Å². The number of nitrogens with zero attached hydrogens (tertiary/aromatic N) is 1. The number of sulfonamides is 1. The van der Waals surface area contributed by atoms with E-state index in [1.807, 2.05) is 49.4 Å². The molecular formula is C36H42ClNO4S. The Morgan fingerprint density at radius 2 is 1.53 bits per heavy atom. The Bertz CT molecular complexity index is 1590. The molecule has 1 aliphatic heterocycles. The maximum absolute atomic E-state index is 14.6. The van der Waals surface area contributed by atoms with Crippen LogP contribution in [0.4, 0.5) is 0 Å². The molecule has 0 aromatic heterocycles. The van der Waals surface area contributed by atoms with Crippen LogP contribution in [-0.2, 0) is 26.0 Å². The van der Waals surface area contributed by atoms with E-state index in [1.165, 1.54) is 11.2 Å². The average Bonchev–Trinajstić information content (AvgIpc) is 3.35. The Morgan fingerprint density at radius 3 is 2.12 bits per heavy atom. The Morgan fingerprint density at radius 1 is 0.930 bits per heavy atom. The number of hydrogen-bond acceptors (Lipinski definition) is 4. The summed E-state index contributed by atoms with van der Waals surface area (Å²) in [7, 11) is -4.06. The van der Waals surface area contributed by atoms with Gasteiger partial charge in [0.05, 0.1) is 10.9 Å². The number of hydrogen-bond donors (Lipinski definition) is 0. The van der Waals surface area contributed by atoms with Crippen molar-refractivity contribution in [2.75, 3.05) is 0 Å². The predicted octanol–water partition coefficient (Wildman–Crippen LogP) is 8.17. The van der Waals surface area contributed by atoms with Crippen LogP contribution in [0.3, 0.4) is 0 Å². The van der Waals surface area contributed by atoms with Crippen molar-refractivity contribution in [2.45, 2.75) is 77.8 Å². The molecule has 0 amide bonds. The first-order valence-corrected chi connectivity index (χ1v) is 16.6. The molecule has 3 aromatic carbocycles. The third-order valence-corrected chi connectivity index (χ3v) is 10.5. The van der Waals surface area contributed by atoms with Crippen molar-refractivity contribution in [3.63, 3.8) is 0 Å². The minimum absolute atomic E-state index is 0.00122. The molecule has 1 unspecified atom stereocenters. The van der Waals surface area contributed by atoms with Crippen LogP contribution in [0.5, 0.6) is 0 Å². The lowest BCUT2D eigenvalue weighted by Crippen LogP contribution is -2.43. The minimum Gasteiger partial charge on any atom is -0.300 e. The Labute approximate surface area is 262 Å². The molecule has 0 bridgehead atoms. The van der Waals surface area contributed by atoms with Crippen molar-refractivity contribution in [3.8, 4) is 0 Å². The summed E-state index contributed by atoms with van der Waals surface area (Å²) in [6, 6.07) is 22.2. The first kappa shape index (κ1) is 32.8. The lowest BCUT2D eigenvalue weighted by Gasteiger charge is -2.36. The molecule has 0 saturated heterocycles. The lowest BCUT2D eigenvalue weighted by atomic mass is 9.82. The van der Waals surface area contributed by atoms with E-state index in [0.717, 1.165) is 12.0 Å². The van der Waals surface area contributed by atoms with Gasteiger partial charge < -0.3 is 0 Å². The summed E-state index contributed by atoms with van der Waals surface area (Å²) in [5.74, 6) is -0.895. The molecule has 5 nitrogen and oxygen atoms in total. The van der Waals surface area contributed by atoms with Crippen LogP contribution in [0, 0.1) is 24.2 Å². The lowest BCUT2D eigenvalue weighted by molar-refractivity contribution is -0.125. The molecule has 4 rings (SSSR count). The monoisotopic (exact) mass is 619 g/mol. The maximum atomic E-state index is 14.6. The van der Waals surface area contributed by atoms with E-state index >= 15 is 0 Å². The topological polar surface area (TPSA) is 71.5 Å². The molecule has 0 saturated carbocycles. The van der Waals surface area contributed by atoms with Crippen molar-refractivity contribution in [2.24, 2.45) is 17.3 Å². The third-order valence-electron chi connectivity index (χ3n) is 8.20. The summed E-state index contributed by atoms with van der Waals surface area (Å²) in [6.07, 6.45) is 3.04. The zero-order valence-corrected chi connectivity index (χ0v) is 27.5. The molecule has 7 heteroatoms. The summed E-state index contributed by atoms with van der Waals surface area (Å²) in [5.41, 5.74) is 2.62. The summed E-state index contributed by atoms with van der Waals surface area (Å²) >= 11 is 6.24. The van der Waals surface area contributed by atoms with Crippen molar-refractivity contribution < 1.29 is 18.0 Å². The fourth-order valence-corrected chi connectivity index (χ4v) is 8.42. The fourth-order valence-electron chi connectivity index (χ4n) is 6.23. The number of Topliss-reactive ketones (excluding diaryl/α,β-unsaturated/α-hetero) is 2. The quantitative estimate of drug-likeness (QED) is 0.217. The maximum Gasteiger partial charge on any atom is 0.244 e. The number of carbonyl (C=O) groups is 2. The number of rotatable bonds is 11. The second kappa shape index (κ2) is 13.3. The summed E-state index contributed by atoms with van der Waals surface area (Å²) in [5, 5.41) is 0.518. The van der Waals surface area contributed by atoms with Gasteiger partial charge in [0.1, 0.15) is 5.78 Å². The highest BCUT2D eigenvalue weighted by atomic mass is 35.5. The van der Waals surface area contributed by atoms with Crippen molar-refractivity contribution in [1.82, 2.24) is 4.31 Å². The molecule has 1 heterocycles. The van der Waals surface area contributed by atoms with Crippen molar-refractivity contribution in [3.05, 3.63) is 112 Å². The largest absolute Gasteiger partial charge is 0.300 e. The number of ketones is 2. The van der Waals surface area contributed by atoms with Crippen molar-refractivity contribution in [1.29, 1.82) is 0 Å².